The highest BCUT2D eigenvalue weighted by molar-refractivity contribution is 5.90. The Labute approximate surface area is 165 Å². The van der Waals surface area contributed by atoms with Crippen molar-refractivity contribution < 1.29 is 14.4 Å². The molecule has 0 heterocycles. The molecule has 6 heteroatoms. The van der Waals surface area contributed by atoms with Crippen LogP contribution >= 0.6 is 0 Å². The lowest BCUT2D eigenvalue weighted by molar-refractivity contribution is -0.130. The second kappa shape index (κ2) is 10.9. The lowest BCUT2D eigenvalue weighted by Crippen LogP contribution is -2.50. The van der Waals surface area contributed by atoms with E-state index in [1.165, 1.54) is 0 Å². The lowest BCUT2D eigenvalue weighted by Gasteiger charge is -2.18. The molecule has 0 spiro atoms. The second-order valence-corrected chi connectivity index (χ2v) is 6.41. The molecule has 0 radical (unpaired) electrons. The summed E-state index contributed by atoms with van der Waals surface area (Å²) >= 11 is 0. The topological polar surface area (TPSA) is 87.3 Å². The number of amides is 3. The largest absolute Gasteiger partial charge is 0.355 e. The maximum atomic E-state index is 12.5. The lowest BCUT2D eigenvalue weighted by atomic mass is 10.00. The molecule has 0 aromatic heterocycles. The van der Waals surface area contributed by atoms with Gasteiger partial charge in [0.2, 0.25) is 17.7 Å². The number of likely N-dealkylation sites (N-methyl/N-ethyl adjacent to an activating group) is 1. The normalized spacial score (nSPS) is 11.4. The molecule has 0 bridgehead atoms. The summed E-state index contributed by atoms with van der Waals surface area (Å²) in [5, 5.41) is 7.95. The van der Waals surface area contributed by atoms with E-state index in [4.69, 9.17) is 0 Å². The van der Waals surface area contributed by atoms with Gasteiger partial charge in [-0.05, 0) is 23.6 Å². The number of nitrogens with one attached hydrogen (secondary N) is 3. The van der Waals surface area contributed by atoms with Crippen LogP contribution in [-0.2, 0) is 20.8 Å². The minimum atomic E-state index is -0.732. The van der Waals surface area contributed by atoms with Crippen molar-refractivity contribution in [3.8, 4) is 11.1 Å². The van der Waals surface area contributed by atoms with Crippen molar-refractivity contribution in [1.82, 2.24) is 16.0 Å². The van der Waals surface area contributed by atoms with Crippen LogP contribution in [0, 0.1) is 0 Å². The third-order valence-electron chi connectivity index (χ3n) is 4.27. The SMILES string of the molecule is CCNC(=O)CNC(=O)C(Cc1ccc(-c2ccccc2)cc1)NC(=O)CC. The Balaban J connectivity index is 2.05. The monoisotopic (exact) mass is 381 g/mol. The van der Waals surface area contributed by atoms with Gasteiger partial charge in [-0.2, -0.15) is 0 Å². The van der Waals surface area contributed by atoms with E-state index in [1.54, 1.807) is 6.92 Å². The Bertz CT molecular complexity index is 788. The van der Waals surface area contributed by atoms with Gasteiger partial charge in [-0.3, -0.25) is 14.4 Å². The summed E-state index contributed by atoms with van der Waals surface area (Å²) in [5.41, 5.74) is 3.12. The fourth-order valence-electron chi connectivity index (χ4n) is 2.76. The van der Waals surface area contributed by atoms with Crippen LogP contribution in [0.5, 0.6) is 0 Å². The van der Waals surface area contributed by atoms with Crippen LogP contribution in [0.3, 0.4) is 0 Å². The fourth-order valence-corrected chi connectivity index (χ4v) is 2.76. The van der Waals surface area contributed by atoms with Gasteiger partial charge in [0, 0.05) is 19.4 Å². The molecule has 2 aromatic rings. The predicted octanol–water partition coefficient (Wildman–Crippen LogP) is 2.04. The molecule has 148 valence electrons. The first-order valence-corrected chi connectivity index (χ1v) is 9.51. The molecule has 0 aliphatic carbocycles. The summed E-state index contributed by atoms with van der Waals surface area (Å²) in [5.74, 6) is -0.845. The Kier molecular flexibility index (Phi) is 8.21. The first-order chi connectivity index (χ1) is 13.5. The van der Waals surface area contributed by atoms with Gasteiger partial charge < -0.3 is 16.0 Å². The molecule has 1 unspecified atom stereocenters. The molecule has 3 N–H and O–H groups in total. The Hall–Kier alpha value is -3.15. The van der Waals surface area contributed by atoms with E-state index in [9.17, 15) is 14.4 Å². The molecule has 6 nitrogen and oxygen atoms in total. The molecule has 2 rings (SSSR count). The molecular formula is C22H27N3O3. The zero-order valence-corrected chi connectivity index (χ0v) is 16.3. The van der Waals surface area contributed by atoms with Crippen molar-refractivity contribution in [2.24, 2.45) is 0 Å². The average molecular weight is 381 g/mol. The highest BCUT2D eigenvalue weighted by Gasteiger charge is 2.21. The third kappa shape index (κ3) is 6.54. The molecule has 0 saturated carbocycles. The number of rotatable bonds is 9. The number of benzene rings is 2. The van der Waals surface area contributed by atoms with Gasteiger partial charge in [0.1, 0.15) is 6.04 Å². The van der Waals surface area contributed by atoms with Gasteiger partial charge in [-0.1, -0.05) is 61.5 Å². The fraction of sp³-hybridized carbons (Fsp3) is 0.318. The van der Waals surface area contributed by atoms with Crippen LogP contribution in [0.15, 0.2) is 54.6 Å². The highest BCUT2D eigenvalue weighted by atomic mass is 16.2. The van der Waals surface area contributed by atoms with Crippen molar-refractivity contribution in [2.45, 2.75) is 32.7 Å². The van der Waals surface area contributed by atoms with Crippen molar-refractivity contribution in [2.75, 3.05) is 13.1 Å². The molecule has 28 heavy (non-hydrogen) atoms. The van der Waals surface area contributed by atoms with Crippen LogP contribution < -0.4 is 16.0 Å². The zero-order valence-electron chi connectivity index (χ0n) is 16.3. The molecule has 0 saturated heterocycles. The van der Waals surface area contributed by atoms with Gasteiger partial charge in [-0.15, -0.1) is 0 Å². The minimum absolute atomic E-state index is 0.113. The molecular weight excluding hydrogens is 354 g/mol. The predicted molar refractivity (Wildman–Crippen MR) is 109 cm³/mol. The maximum absolute atomic E-state index is 12.5. The molecule has 0 fully saturated rings. The van der Waals surface area contributed by atoms with E-state index in [2.05, 4.69) is 16.0 Å². The maximum Gasteiger partial charge on any atom is 0.243 e. The quantitative estimate of drug-likeness (QED) is 0.621. The number of carbonyl (C=O) groups is 3. The first-order valence-electron chi connectivity index (χ1n) is 9.51. The molecule has 0 aliphatic rings. The van der Waals surface area contributed by atoms with E-state index in [0.29, 0.717) is 13.0 Å². The smallest absolute Gasteiger partial charge is 0.243 e. The Morgan fingerprint density at radius 3 is 2.07 bits per heavy atom. The number of hydrogen-bond donors (Lipinski definition) is 3. The van der Waals surface area contributed by atoms with Crippen LogP contribution in [-0.4, -0.2) is 36.9 Å². The van der Waals surface area contributed by atoms with E-state index >= 15 is 0 Å². The second-order valence-electron chi connectivity index (χ2n) is 6.41. The van der Waals surface area contributed by atoms with Crippen molar-refractivity contribution in [3.05, 3.63) is 60.2 Å². The third-order valence-corrected chi connectivity index (χ3v) is 4.27. The van der Waals surface area contributed by atoms with E-state index in [-0.39, 0.29) is 30.7 Å². The van der Waals surface area contributed by atoms with Gasteiger partial charge in [-0.25, -0.2) is 0 Å². The summed E-state index contributed by atoms with van der Waals surface area (Å²) in [4.78, 5) is 35.9. The molecule has 2 aromatic carbocycles. The summed E-state index contributed by atoms with van der Waals surface area (Å²) in [6.45, 7) is 3.92. The van der Waals surface area contributed by atoms with Crippen LogP contribution in [0.2, 0.25) is 0 Å². The van der Waals surface area contributed by atoms with Crippen molar-refractivity contribution in [3.63, 3.8) is 0 Å². The van der Waals surface area contributed by atoms with Crippen LogP contribution in [0.4, 0.5) is 0 Å². The van der Waals surface area contributed by atoms with Gasteiger partial charge >= 0.3 is 0 Å². The summed E-state index contributed by atoms with van der Waals surface area (Å²) in [7, 11) is 0. The zero-order chi connectivity index (χ0) is 20.4. The average Bonchev–Trinajstić information content (AvgIpc) is 2.72. The molecule has 0 aliphatic heterocycles. The highest BCUT2D eigenvalue weighted by Crippen LogP contribution is 2.19. The molecule has 1 atom stereocenters. The Morgan fingerprint density at radius 2 is 1.46 bits per heavy atom. The Morgan fingerprint density at radius 1 is 0.821 bits per heavy atom. The van der Waals surface area contributed by atoms with Crippen LogP contribution in [0.25, 0.3) is 11.1 Å². The van der Waals surface area contributed by atoms with E-state index < -0.39 is 6.04 Å². The van der Waals surface area contributed by atoms with E-state index in [0.717, 1.165) is 16.7 Å². The van der Waals surface area contributed by atoms with Crippen molar-refractivity contribution in [1.29, 1.82) is 0 Å². The van der Waals surface area contributed by atoms with Gasteiger partial charge in [0.15, 0.2) is 0 Å². The molecule has 3 amide bonds. The summed E-state index contributed by atoms with van der Waals surface area (Å²) in [6.07, 6.45) is 0.634. The standard InChI is InChI=1S/C22H27N3O3/c1-3-20(26)25-19(22(28)24-15-21(27)23-4-2)14-16-10-12-18(13-11-16)17-8-6-5-7-9-17/h5-13,19H,3-4,14-15H2,1-2H3,(H,23,27)(H,24,28)(H,25,26). The van der Waals surface area contributed by atoms with Crippen LogP contribution in [0.1, 0.15) is 25.8 Å². The van der Waals surface area contributed by atoms with Crippen molar-refractivity contribution >= 4 is 17.7 Å². The number of carbonyl (C=O) groups excluding carboxylic acids is 3. The number of hydrogen-bond acceptors (Lipinski definition) is 3. The van der Waals surface area contributed by atoms with Gasteiger partial charge in [0.05, 0.1) is 6.54 Å². The first kappa shape index (κ1) is 21.2. The summed E-state index contributed by atoms with van der Waals surface area (Å²) in [6, 6.07) is 17.2. The minimum Gasteiger partial charge on any atom is -0.355 e. The van der Waals surface area contributed by atoms with Gasteiger partial charge in [0.25, 0.3) is 0 Å². The van der Waals surface area contributed by atoms with E-state index in [1.807, 2.05) is 61.5 Å². The summed E-state index contributed by atoms with van der Waals surface area (Å²) < 4.78 is 0.